The zero-order chi connectivity index (χ0) is 50.4. The first-order valence-corrected chi connectivity index (χ1v) is 23.3. The van der Waals surface area contributed by atoms with Crippen molar-refractivity contribution in [3.63, 3.8) is 0 Å². The van der Waals surface area contributed by atoms with Gasteiger partial charge < -0.3 is 30.7 Å². The highest BCUT2D eigenvalue weighted by Crippen LogP contribution is 2.34. The molecule has 0 spiro atoms. The van der Waals surface area contributed by atoms with Crippen LogP contribution >= 0.6 is 58.0 Å². The summed E-state index contributed by atoms with van der Waals surface area (Å²) < 4.78 is 11.3. The number of nitrogens with one attached hydrogen (secondary N) is 4. The number of rotatable bonds is 21. The number of carbonyl (C=O) groups is 6. The lowest BCUT2D eigenvalue weighted by molar-refractivity contribution is -0.127. The summed E-state index contributed by atoms with van der Waals surface area (Å²) >= 11 is 31.5. The number of Topliss-reactive ketones (excluding diaryl/α,β-unsaturated/α-hetero) is 2. The summed E-state index contributed by atoms with van der Waals surface area (Å²) in [5.41, 5.74) is 3.04. The first-order valence-electron chi connectivity index (χ1n) is 21.0. The van der Waals surface area contributed by atoms with Crippen molar-refractivity contribution < 1.29 is 38.2 Å². The van der Waals surface area contributed by atoms with E-state index in [0.29, 0.717) is 52.8 Å². The molecule has 0 saturated heterocycles. The van der Waals surface area contributed by atoms with E-state index >= 15 is 0 Å². The van der Waals surface area contributed by atoms with E-state index in [4.69, 9.17) is 67.5 Å². The Hall–Kier alpha value is -6.43. The van der Waals surface area contributed by atoms with E-state index in [9.17, 15) is 28.8 Å². The molecule has 0 aliphatic rings. The summed E-state index contributed by atoms with van der Waals surface area (Å²) in [7, 11) is 0. The SMILES string of the molecule is CCOc1cccc(CCl)c1NC(=O)c1cc(Cl)cc(N=NC(C(C)=O)C(=O)Nc2ccc(NC(=O)C(N=Nc3cc(Cl)cc(C(=O)Nc4c(CCl)cccc4OCC)c3)C(C)=O)c(C(C)Cl)c2)c1. The van der Waals surface area contributed by atoms with Crippen molar-refractivity contribution in [1.82, 2.24) is 0 Å². The van der Waals surface area contributed by atoms with E-state index in [1.165, 1.54) is 54.6 Å². The molecule has 0 saturated carbocycles. The Balaban J connectivity index is 1.30. The maximum atomic E-state index is 13.6. The van der Waals surface area contributed by atoms with Crippen molar-refractivity contribution in [3.8, 4) is 11.5 Å². The van der Waals surface area contributed by atoms with Gasteiger partial charge in [0.25, 0.3) is 23.6 Å². The van der Waals surface area contributed by atoms with Crippen LogP contribution in [0.15, 0.2) is 111 Å². The minimum atomic E-state index is -1.64. The number of benzene rings is 5. The summed E-state index contributed by atoms with van der Waals surface area (Å²) in [4.78, 5) is 79.3. The van der Waals surface area contributed by atoms with Gasteiger partial charge in [-0.2, -0.15) is 20.5 Å². The van der Waals surface area contributed by atoms with Gasteiger partial charge in [0.2, 0.25) is 12.1 Å². The second-order valence-corrected chi connectivity index (χ2v) is 16.9. The van der Waals surface area contributed by atoms with Crippen LogP contribution in [-0.4, -0.2) is 60.5 Å². The van der Waals surface area contributed by atoms with E-state index in [0.717, 1.165) is 13.8 Å². The summed E-state index contributed by atoms with van der Waals surface area (Å²) in [5.74, 6) is -3.10. The molecule has 0 radical (unpaired) electrons. The second-order valence-electron chi connectivity index (χ2n) is 14.9. The number of ether oxygens (including phenoxy) is 2. The quantitative estimate of drug-likeness (QED) is 0.0314. The van der Waals surface area contributed by atoms with Crippen LogP contribution in [0.2, 0.25) is 10.0 Å². The molecule has 5 rings (SSSR count). The number of halogens is 5. The largest absolute Gasteiger partial charge is 0.492 e. The lowest BCUT2D eigenvalue weighted by atomic mass is 10.1. The molecule has 0 fully saturated rings. The van der Waals surface area contributed by atoms with Crippen LogP contribution in [0.3, 0.4) is 0 Å². The van der Waals surface area contributed by atoms with Crippen molar-refractivity contribution in [3.05, 3.63) is 129 Å². The maximum absolute atomic E-state index is 13.6. The predicted molar refractivity (Wildman–Crippen MR) is 269 cm³/mol. The third-order valence-corrected chi connectivity index (χ3v) is 11.0. The van der Waals surface area contributed by atoms with Crippen LogP contribution in [0.4, 0.5) is 34.1 Å². The third-order valence-electron chi connectivity index (χ3n) is 9.73. The number of alkyl halides is 3. The fourth-order valence-electron chi connectivity index (χ4n) is 6.49. The Bertz CT molecular complexity index is 2820. The van der Waals surface area contributed by atoms with Crippen LogP contribution in [0, 0.1) is 0 Å². The summed E-state index contributed by atoms with van der Waals surface area (Å²) in [6.07, 6.45) is 0. The van der Waals surface area contributed by atoms with E-state index in [2.05, 4.69) is 41.7 Å². The molecule has 4 N–H and O–H groups in total. The standard InChI is InChI=1S/C48H45Cl5N8O8/c1-6-68-39-12-8-10-28(23-49)43(39)56-45(64)30-16-32(52)20-35(18-30)58-60-41(26(4)62)47(66)54-34-14-15-38(37(22-34)25(3)51)55-48(67)42(27(5)63)61-59-36-19-31(17-33(53)21-36)46(65)57-44-29(24-50)11-9-13-40(44)69-7-2/h8-22,25,41-42H,6-7,23-24H2,1-5H3,(H,54,66)(H,55,67)(H,56,64)(H,57,65). The van der Waals surface area contributed by atoms with Crippen LogP contribution in [-0.2, 0) is 30.9 Å². The minimum absolute atomic E-state index is 0.0720. The molecule has 21 heteroatoms. The summed E-state index contributed by atoms with van der Waals surface area (Å²) in [6.45, 7) is 8.22. The van der Waals surface area contributed by atoms with Crippen molar-refractivity contribution in [1.29, 1.82) is 0 Å². The number of hydrogen-bond donors (Lipinski definition) is 4. The average Bonchev–Trinajstić information content (AvgIpc) is 3.30. The van der Waals surface area contributed by atoms with Gasteiger partial charge in [0.15, 0.2) is 11.6 Å². The van der Waals surface area contributed by atoms with Gasteiger partial charge in [-0.25, -0.2) is 0 Å². The molecule has 16 nitrogen and oxygen atoms in total. The van der Waals surface area contributed by atoms with Gasteiger partial charge in [0.05, 0.1) is 41.3 Å². The molecule has 3 atom stereocenters. The Morgan fingerprint density at radius 1 is 0.594 bits per heavy atom. The van der Waals surface area contributed by atoms with Gasteiger partial charge in [-0.15, -0.1) is 34.8 Å². The molecule has 5 aromatic carbocycles. The highest BCUT2D eigenvalue weighted by atomic mass is 35.5. The van der Waals surface area contributed by atoms with Crippen LogP contribution < -0.4 is 30.7 Å². The van der Waals surface area contributed by atoms with E-state index in [-0.39, 0.29) is 55.7 Å². The number of nitrogens with zero attached hydrogens (tertiary/aromatic N) is 4. The van der Waals surface area contributed by atoms with Crippen molar-refractivity contribution >= 4 is 127 Å². The molecule has 360 valence electrons. The Kier molecular flexibility index (Phi) is 19.6. The molecule has 3 unspecified atom stereocenters. The van der Waals surface area contributed by atoms with Crippen LogP contribution in [0.25, 0.3) is 0 Å². The van der Waals surface area contributed by atoms with Gasteiger partial charge in [-0.1, -0.05) is 47.5 Å². The molecule has 5 aromatic rings. The monoisotopic (exact) mass is 1040 g/mol. The highest BCUT2D eigenvalue weighted by molar-refractivity contribution is 6.32. The van der Waals surface area contributed by atoms with Gasteiger partial charge >= 0.3 is 0 Å². The van der Waals surface area contributed by atoms with Crippen LogP contribution in [0.1, 0.15) is 77.4 Å². The fraction of sp³-hybridized carbons (Fsp3) is 0.250. The van der Waals surface area contributed by atoms with Crippen molar-refractivity contribution in [2.45, 2.75) is 63.8 Å². The molecule has 0 aliphatic carbocycles. The number of carbonyl (C=O) groups excluding carboxylic acids is 6. The minimum Gasteiger partial charge on any atom is -0.492 e. The van der Waals surface area contributed by atoms with Crippen LogP contribution in [0.5, 0.6) is 11.5 Å². The molecular weight excluding hydrogens is 994 g/mol. The summed E-state index contributed by atoms with van der Waals surface area (Å²) in [5, 5.41) is 26.5. The zero-order valence-corrected chi connectivity index (χ0v) is 41.4. The molecule has 0 heterocycles. The predicted octanol–water partition coefficient (Wildman–Crippen LogP) is 12.4. The van der Waals surface area contributed by atoms with Crippen molar-refractivity contribution in [2.24, 2.45) is 20.5 Å². The molecule has 0 bridgehead atoms. The Labute approximate surface area is 422 Å². The topological polar surface area (TPSA) is 218 Å². The smallest absolute Gasteiger partial charge is 0.258 e. The number of ketones is 2. The average molecular weight is 1040 g/mol. The maximum Gasteiger partial charge on any atom is 0.258 e. The zero-order valence-electron chi connectivity index (χ0n) is 37.7. The van der Waals surface area contributed by atoms with Crippen molar-refractivity contribution in [2.75, 3.05) is 34.5 Å². The number of azo groups is 2. The molecule has 0 aliphatic heterocycles. The Morgan fingerprint density at radius 3 is 1.45 bits per heavy atom. The van der Waals surface area contributed by atoms with E-state index in [1.54, 1.807) is 57.2 Å². The van der Waals surface area contributed by atoms with Gasteiger partial charge in [0.1, 0.15) is 11.5 Å². The third kappa shape index (κ3) is 14.5. The molecular formula is C48H45Cl5N8O8. The Morgan fingerprint density at radius 2 is 1.04 bits per heavy atom. The molecule has 4 amide bonds. The van der Waals surface area contributed by atoms with Gasteiger partial charge in [-0.05, 0) is 118 Å². The molecule has 0 aromatic heterocycles. The lowest BCUT2D eigenvalue weighted by Gasteiger charge is -2.17. The number of anilines is 4. The number of para-hydroxylation sites is 2. The summed E-state index contributed by atoms with van der Waals surface area (Å²) in [6, 6.07) is 19.8. The number of amides is 4. The van der Waals surface area contributed by atoms with E-state index < -0.39 is 52.7 Å². The fourth-order valence-corrected chi connectivity index (χ4v) is 7.57. The van der Waals surface area contributed by atoms with Gasteiger partial charge in [-0.3, -0.25) is 28.8 Å². The van der Waals surface area contributed by atoms with Gasteiger partial charge in [0, 0.05) is 44.3 Å². The first-order chi connectivity index (χ1) is 33.0. The normalized spacial score (nSPS) is 12.5. The second kappa shape index (κ2) is 25.3. The lowest BCUT2D eigenvalue weighted by Crippen LogP contribution is -2.32. The number of hydrogen-bond acceptors (Lipinski definition) is 12. The molecule has 69 heavy (non-hydrogen) atoms. The van der Waals surface area contributed by atoms with E-state index in [1.807, 2.05) is 0 Å². The first kappa shape index (κ1) is 53.5. The highest BCUT2D eigenvalue weighted by Gasteiger charge is 2.27.